The second-order valence-electron chi connectivity index (χ2n) is 4.77. The highest BCUT2D eigenvalue weighted by Crippen LogP contribution is 2.15. The monoisotopic (exact) mass is 216 g/mol. The number of ether oxygens (including phenoxy) is 2. The zero-order valence-corrected chi connectivity index (χ0v) is 9.58. The predicted octanol–water partition coefficient (Wildman–Crippen LogP) is 0.485. The van der Waals surface area contributed by atoms with E-state index in [4.69, 9.17) is 15.2 Å². The second kappa shape index (κ2) is 4.81. The Labute approximate surface area is 90.3 Å². The van der Waals surface area contributed by atoms with E-state index < -0.39 is 11.8 Å². The first-order valence-electron chi connectivity index (χ1n) is 5.23. The maximum atomic E-state index is 11.4. The van der Waals surface area contributed by atoms with Crippen LogP contribution in [-0.2, 0) is 9.47 Å². The lowest BCUT2D eigenvalue weighted by Gasteiger charge is -2.22. The second-order valence-corrected chi connectivity index (χ2v) is 4.77. The summed E-state index contributed by atoms with van der Waals surface area (Å²) >= 11 is 0. The lowest BCUT2D eigenvalue weighted by molar-refractivity contribution is -0.0302. The van der Waals surface area contributed by atoms with Gasteiger partial charge in [0.05, 0.1) is 0 Å². The number of carbonyl (C=O) groups is 1. The molecule has 15 heavy (non-hydrogen) atoms. The van der Waals surface area contributed by atoms with Crippen LogP contribution in [0.15, 0.2) is 0 Å². The normalized spacial score (nSPS) is 26.4. The molecular formula is C10H20N2O3. The first-order valence-corrected chi connectivity index (χ1v) is 5.23. The van der Waals surface area contributed by atoms with Crippen molar-refractivity contribution in [1.82, 2.24) is 5.32 Å². The van der Waals surface area contributed by atoms with Crippen LogP contribution in [0.1, 0.15) is 20.8 Å². The molecule has 0 aliphatic carbocycles. The fourth-order valence-electron chi connectivity index (χ4n) is 1.48. The molecule has 1 aliphatic rings. The van der Waals surface area contributed by atoms with E-state index in [2.05, 4.69) is 5.32 Å². The van der Waals surface area contributed by atoms with E-state index in [0.29, 0.717) is 13.1 Å². The lowest BCUT2D eigenvalue weighted by Crippen LogP contribution is -2.33. The van der Waals surface area contributed by atoms with E-state index >= 15 is 0 Å². The van der Waals surface area contributed by atoms with Crippen molar-refractivity contribution in [2.45, 2.75) is 32.5 Å². The van der Waals surface area contributed by atoms with E-state index in [1.165, 1.54) is 0 Å². The van der Waals surface area contributed by atoms with Crippen molar-refractivity contribution < 1.29 is 14.3 Å². The Morgan fingerprint density at radius 3 is 2.67 bits per heavy atom. The van der Waals surface area contributed by atoms with Crippen LogP contribution < -0.4 is 11.1 Å². The average molecular weight is 216 g/mol. The van der Waals surface area contributed by atoms with Crippen LogP contribution in [0.25, 0.3) is 0 Å². The van der Waals surface area contributed by atoms with Crippen LogP contribution in [-0.4, -0.2) is 37.5 Å². The zero-order valence-electron chi connectivity index (χ0n) is 9.58. The smallest absolute Gasteiger partial charge is 0.429 e. The molecule has 3 N–H and O–H groups in total. The Morgan fingerprint density at radius 1 is 1.47 bits per heavy atom. The van der Waals surface area contributed by atoms with E-state index in [9.17, 15) is 4.79 Å². The minimum atomic E-state index is -0.616. The molecule has 0 unspecified atom stereocenters. The molecule has 0 aromatic carbocycles. The summed E-state index contributed by atoms with van der Waals surface area (Å²) in [5, 5.41) is 3.13. The Hall–Kier alpha value is -0.810. The van der Waals surface area contributed by atoms with Crippen molar-refractivity contribution in [3.8, 4) is 0 Å². The fraction of sp³-hybridized carbons (Fsp3) is 0.900. The van der Waals surface area contributed by atoms with Gasteiger partial charge >= 0.3 is 6.16 Å². The van der Waals surface area contributed by atoms with E-state index in [0.717, 1.165) is 6.54 Å². The van der Waals surface area contributed by atoms with Crippen LogP contribution in [0.2, 0.25) is 0 Å². The largest absolute Gasteiger partial charge is 0.509 e. The van der Waals surface area contributed by atoms with Crippen LogP contribution in [0.4, 0.5) is 4.79 Å². The molecule has 1 rings (SSSR count). The standard InChI is InChI=1S/C10H20N2O3/c1-10(2,3)15-9(13)14-8-6-12-5-7(8)4-11/h7-8,12H,4-6,11H2,1-3H3/t7-,8-/m0/s1. The Bertz CT molecular complexity index is 225. The van der Waals surface area contributed by atoms with Gasteiger partial charge in [0, 0.05) is 19.0 Å². The lowest BCUT2D eigenvalue weighted by atomic mass is 10.1. The van der Waals surface area contributed by atoms with E-state index in [-0.39, 0.29) is 12.0 Å². The summed E-state index contributed by atoms with van der Waals surface area (Å²) in [5.74, 6) is 0.192. The maximum Gasteiger partial charge on any atom is 0.509 e. The topological polar surface area (TPSA) is 73.6 Å². The third-order valence-electron chi connectivity index (χ3n) is 2.22. The first-order chi connectivity index (χ1) is 6.92. The maximum absolute atomic E-state index is 11.4. The molecule has 0 saturated carbocycles. The zero-order chi connectivity index (χ0) is 11.5. The summed E-state index contributed by atoms with van der Waals surface area (Å²) in [6.45, 7) is 7.39. The van der Waals surface area contributed by atoms with Crippen molar-refractivity contribution in [2.24, 2.45) is 11.7 Å². The highest BCUT2D eigenvalue weighted by atomic mass is 16.7. The van der Waals surface area contributed by atoms with Crippen LogP contribution in [0, 0.1) is 5.92 Å². The summed E-state index contributed by atoms with van der Waals surface area (Å²) in [7, 11) is 0. The number of nitrogens with two attached hydrogens (primary N) is 1. The summed E-state index contributed by atoms with van der Waals surface area (Å²) < 4.78 is 10.2. The first kappa shape index (κ1) is 12.3. The summed E-state index contributed by atoms with van der Waals surface area (Å²) in [5.41, 5.74) is 5.04. The molecule has 5 nitrogen and oxygen atoms in total. The molecule has 0 bridgehead atoms. The molecule has 1 fully saturated rings. The van der Waals surface area contributed by atoms with Gasteiger partial charge in [-0.1, -0.05) is 0 Å². The van der Waals surface area contributed by atoms with Crippen LogP contribution in [0.5, 0.6) is 0 Å². The van der Waals surface area contributed by atoms with Gasteiger partial charge in [-0.3, -0.25) is 0 Å². The van der Waals surface area contributed by atoms with Gasteiger partial charge in [0.15, 0.2) is 0 Å². The third kappa shape index (κ3) is 4.05. The Balaban J connectivity index is 2.37. The van der Waals surface area contributed by atoms with Gasteiger partial charge in [-0.2, -0.15) is 0 Å². The Kier molecular flexibility index (Phi) is 3.93. The molecule has 0 aromatic heterocycles. The molecule has 1 saturated heterocycles. The van der Waals surface area contributed by atoms with Gasteiger partial charge in [-0.25, -0.2) is 4.79 Å². The van der Waals surface area contributed by atoms with E-state index in [1.807, 2.05) is 20.8 Å². The van der Waals surface area contributed by atoms with Crippen LogP contribution >= 0.6 is 0 Å². The molecule has 88 valence electrons. The quantitative estimate of drug-likeness (QED) is 0.657. The molecule has 5 heteroatoms. The molecule has 0 amide bonds. The van der Waals surface area contributed by atoms with Crippen molar-refractivity contribution >= 4 is 6.16 Å². The predicted molar refractivity (Wildman–Crippen MR) is 56.5 cm³/mol. The van der Waals surface area contributed by atoms with Gasteiger partial charge in [0.1, 0.15) is 11.7 Å². The van der Waals surface area contributed by atoms with Gasteiger partial charge in [-0.05, 0) is 27.3 Å². The molecule has 0 radical (unpaired) electrons. The van der Waals surface area contributed by atoms with Crippen LogP contribution in [0.3, 0.4) is 0 Å². The number of carbonyl (C=O) groups excluding carboxylic acids is 1. The molecular weight excluding hydrogens is 196 g/mol. The van der Waals surface area contributed by atoms with E-state index in [1.54, 1.807) is 0 Å². The van der Waals surface area contributed by atoms with Crippen molar-refractivity contribution in [3.05, 3.63) is 0 Å². The fourth-order valence-corrected chi connectivity index (χ4v) is 1.48. The SMILES string of the molecule is CC(C)(C)OC(=O)O[C@H]1CNC[C@@H]1CN. The number of hydrogen-bond acceptors (Lipinski definition) is 5. The average Bonchev–Trinajstić information content (AvgIpc) is 2.48. The summed E-state index contributed by atoms with van der Waals surface area (Å²) in [4.78, 5) is 11.4. The third-order valence-corrected chi connectivity index (χ3v) is 2.22. The Morgan fingerprint density at radius 2 is 2.13 bits per heavy atom. The minimum absolute atomic E-state index is 0.162. The van der Waals surface area contributed by atoms with Crippen molar-refractivity contribution in [1.29, 1.82) is 0 Å². The van der Waals surface area contributed by atoms with Crippen molar-refractivity contribution in [3.63, 3.8) is 0 Å². The molecule has 1 heterocycles. The van der Waals surface area contributed by atoms with Gasteiger partial charge in [0.2, 0.25) is 0 Å². The highest BCUT2D eigenvalue weighted by molar-refractivity contribution is 5.60. The minimum Gasteiger partial charge on any atom is -0.429 e. The number of rotatable bonds is 2. The summed E-state index contributed by atoms with van der Waals surface area (Å²) in [6, 6.07) is 0. The highest BCUT2D eigenvalue weighted by Gasteiger charge is 2.30. The molecule has 0 aromatic rings. The van der Waals surface area contributed by atoms with Gasteiger partial charge in [0.25, 0.3) is 0 Å². The number of nitrogens with one attached hydrogen (secondary N) is 1. The summed E-state index contributed by atoms with van der Waals surface area (Å²) in [6.07, 6.45) is -0.778. The molecule has 0 spiro atoms. The van der Waals surface area contributed by atoms with Crippen molar-refractivity contribution in [2.75, 3.05) is 19.6 Å². The molecule has 2 atom stereocenters. The van der Waals surface area contributed by atoms with Gasteiger partial charge < -0.3 is 20.5 Å². The molecule has 1 aliphatic heterocycles. The van der Waals surface area contributed by atoms with Gasteiger partial charge in [-0.15, -0.1) is 0 Å². The number of hydrogen-bond donors (Lipinski definition) is 2.